The van der Waals surface area contributed by atoms with Crippen molar-refractivity contribution in [3.8, 4) is 0 Å². The number of amides is 1. The number of carbonyl (C=O) groups is 2. The zero-order valence-corrected chi connectivity index (χ0v) is 13.6. The lowest BCUT2D eigenvalue weighted by atomic mass is 9.97. The molecule has 0 radical (unpaired) electrons. The summed E-state index contributed by atoms with van der Waals surface area (Å²) < 4.78 is 10.8. The third-order valence-corrected chi connectivity index (χ3v) is 4.26. The summed E-state index contributed by atoms with van der Waals surface area (Å²) in [5.74, 6) is 0.639. The van der Waals surface area contributed by atoms with Crippen molar-refractivity contribution < 1.29 is 23.8 Å². The minimum absolute atomic E-state index is 0.156. The van der Waals surface area contributed by atoms with Crippen LogP contribution in [-0.4, -0.2) is 41.1 Å². The summed E-state index contributed by atoms with van der Waals surface area (Å²) in [6.07, 6.45) is 4.86. The van der Waals surface area contributed by atoms with Crippen LogP contribution in [-0.2, 0) is 20.9 Å². The van der Waals surface area contributed by atoms with Gasteiger partial charge in [0.1, 0.15) is 12.4 Å². The molecule has 0 saturated carbocycles. The van der Waals surface area contributed by atoms with Crippen LogP contribution in [0.2, 0.25) is 0 Å². The fourth-order valence-corrected chi connectivity index (χ4v) is 2.77. The molecule has 0 bridgehead atoms. The Bertz CT molecular complexity index is 499. The quantitative estimate of drug-likeness (QED) is 0.633. The highest BCUT2D eigenvalue weighted by Crippen LogP contribution is 2.22. The smallest absolute Gasteiger partial charge is 0.303 e. The van der Waals surface area contributed by atoms with Crippen LogP contribution in [0.1, 0.15) is 44.8 Å². The number of carboxylic acids is 1. The normalized spacial score (nSPS) is 18.7. The molecule has 128 valence electrons. The number of ether oxygens (including phenoxy) is 1. The van der Waals surface area contributed by atoms with Crippen molar-refractivity contribution in [1.29, 1.82) is 0 Å². The van der Waals surface area contributed by atoms with Gasteiger partial charge in [-0.05, 0) is 30.9 Å². The molecule has 1 fully saturated rings. The van der Waals surface area contributed by atoms with Crippen molar-refractivity contribution in [3.63, 3.8) is 0 Å². The fourth-order valence-electron chi connectivity index (χ4n) is 2.77. The van der Waals surface area contributed by atoms with Crippen LogP contribution in [0.4, 0.5) is 0 Å². The third kappa shape index (κ3) is 5.71. The molecule has 2 atom stereocenters. The van der Waals surface area contributed by atoms with Gasteiger partial charge in [-0.3, -0.25) is 9.59 Å². The lowest BCUT2D eigenvalue weighted by Gasteiger charge is -2.40. The maximum absolute atomic E-state index is 11.7. The molecule has 0 aliphatic carbocycles. The second-order valence-electron chi connectivity index (χ2n) is 6.22. The summed E-state index contributed by atoms with van der Waals surface area (Å²) in [5.41, 5.74) is 0. The Hall–Kier alpha value is -1.82. The molecule has 0 unspecified atom stereocenters. The number of likely N-dealkylation sites (tertiary alicyclic amines) is 1. The number of hydrogen-bond donors (Lipinski definition) is 1. The van der Waals surface area contributed by atoms with Crippen LogP contribution < -0.4 is 0 Å². The maximum Gasteiger partial charge on any atom is 0.303 e. The molecule has 2 rings (SSSR count). The first-order valence-electron chi connectivity index (χ1n) is 8.17. The highest BCUT2D eigenvalue weighted by atomic mass is 16.5. The minimum atomic E-state index is -0.746. The molecule has 1 N–H and O–H groups in total. The van der Waals surface area contributed by atoms with E-state index in [-0.39, 0.29) is 18.4 Å². The number of β-lactam (4-membered cyclic amide) rings is 1. The van der Waals surface area contributed by atoms with E-state index in [0.717, 1.165) is 25.1 Å². The molecule has 23 heavy (non-hydrogen) atoms. The van der Waals surface area contributed by atoms with E-state index in [9.17, 15) is 9.59 Å². The van der Waals surface area contributed by atoms with Crippen LogP contribution >= 0.6 is 0 Å². The van der Waals surface area contributed by atoms with E-state index < -0.39 is 5.97 Å². The van der Waals surface area contributed by atoms with Crippen LogP contribution in [0.15, 0.2) is 22.8 Å². The third-order valence-electron chi connectivity index (χ3n) is 4.26. The van der Waals surface area contributed by atoms with Gasteiger partial charge in [0, 0.05) is 19.4 Å². The lowest BCUT2D eigenvalue weighted by Crippen LogP contribution is -2.55. The first-order valence-corrected chi connectivity index (χ1v) is 8.17. The monoisotopic (exact) mass is 323 g/mol. The van der Waals surface area contributed by atoms with Gasteiger partial charge in [0.05, 0.1) is 18.9 Å². The molecule has 1 aliphatic heterocycles. The van der Waals surface area contributed by atoms with E-state index in [4.69, 9.17) is 14.3 Å². The SMILES string of the molecule is C[C@@H](CCCC(=O)O)CCN1C(=O)C[C@@H]1COCc1ccco1. The van der Waals surface area contributed by atoms with Gasteiger partial charge < -0.3 is 19.2 Å². The summed E-state index contributed by atoms with van der Waals surface area (Å²) in [6.45, 7) is 3.79. The number of carbonyl (C=O) groups excluding carboxylic acids is 1. The van der Waals surface area contributed by atoms with E-state index in [1.807, 2.05) is 17.0 Å². The van der Waals surface area contributed by atoms with Crippen molar-refractivity contribution in [2.45, 2.75) is 51.7 Å². The second-order valence-corrected chi connectivity index (χ2v) is 6.22. The minimum Gasteiger partial charge on any atom is -0.481 e. The Morgan fingerprint density at radius 3 is 3.00 bits per heavy atom. The lowest BCUT2D eigenvalue weighted by molar-refractivity contribution is -0.149. The molecular weight excluding hydrogens is 298 g/mol. The van der Waals surface area contributed by atoms with Crippen molar-refractivity contribution in [2.24, 2.45) is 5.92 Å². The molecule has 0 spiro atoms. The fraction of sp³-hybridized carbons (Fsp3) is 0.647. The predicted molar refractivity (Wildman–Crippen MR) is 83.7 cm³/mol. The summed E-state index contributed by atoms with van der Waals surface area (Å²) in [4.78, 5) is 24.1. The first-order chi connectivity index (χ1) is 11.1. The van der Waals surface area contributed by atoms with Crippen LogP contribution in [0, 0.1) is 5.92 Å². The van der Waals surface area contributed by atoms with Crippen molar-refractivity contribution >= 4 is 11.9 Å². The summed E-state index contributed by atoms with van der Waals surface area (Å²) in [7, 11) is 0. The van der Waals surface area contributed by atoms with E-state index in [2.05, 4.69) is 6.92 Å². The summed E-state index contributed by atoms with van der Waals surface area (Å²) in [5, 5.41) is 8.64. The van der Waals surface area contributed by atoms with E-state index >= 15 is 0 Å². The molecule has 6 heteroatoms. The van der Waals surface area contributed by atoms with Crippen molar-refractivity contribution in [1.82, 2.24) is 4.90 Å². The zero-order valence-electron chi connectivity index (χ0n) is 13.6. The molecule has 1 aliphatic rings. The molecule has 1 amide bonds. The molecule has 1 saturated heterocycles. The number of aliphatic carboxylic acids is 1. The van der Waals surface area contributed by atoms with Crippen LogP contribution in [0.3, 0.4) is 0 Å². The maximum atomic E-state index is 11.7. The number of nitrogens with zero attached hydrogens (tertiary/aromatic N) is 1. The van der Waals surface area contributed by atoms with E-state index in [0.29, 0.717) is 32.0 Å². The Kier molecular flexibility index (Phi) is 6.65. The molecule has 1 aromatic rings. The van der Waals surface area contributed by atoms with Crippen LogP contribution in [0.25, 0.3) is 0 Å². The highest BCUT2D eigenvalue weighted by Gasteiger charge is 2.35. The molecule has 6 nitrogen and oxygen atoms in total. The van der Waals surface area contributed by atoms with Gasteiger partial charge in [-0.1, -0.05) is 13.3 Å². The molecule has 0 aromatic carbocycles. The Morgan fingerprint density at radius 1 is 1.52 bits per heavy atom. The average molecular weight is 323 g/mol. The van der Waals surface area contributed by atoms with E-state index in [1.54, 1.807) is 6.26 Å². The Balaban J connectivity index is 1.61. The molecule has 2 heterocycles. The topological polar surface area (TPSA) is 80.0 Å². The van der Waals surface area contributed by atoms with Crippen molar-refractivity contribution in [2.75, 3.05) is 13.2 Å². The first kappa shape index (κ1) is 17.5. The summed E-state index contributed by atoms with van der Waals surface area (Å²) >= 11 is 0. The Morgan fingerprint density at radius 2 is 2.35 bits per heavy atom. The van der Waals surface area contributed by atoms with Gasteiger partial charge in [-0.15, -0.1) is 0 Å². The molecular formula is C17H25NO5. The number of furan rings is 1. The predicted octanol–water partition coefficient (Wildman–Crippen LogP) is 2.68. The highest BCUT2D eigenvalue weighted by molar-refractivity contribution is 5.83. The van der Waals surface area contributed by atoms with E-state index in [1.165, 1.54) is 0 Å². The largest absolute Gasteiger partial charge is 0.481 e. The van der Waals surface area contributed by atoms with Crippen molar-refractivity contribution in [3.05, 3.63) is 24.2 Å². The standard InChI is InChI=1S/C17H25NO5/c1-13(4-2-6-17(20)21)7-8-18-14(10-16(18)19)11-22-12-15-5-3-9-23-15/h3,5,9,13-14H,2,4,6-8,10-12H2,1H3,(H,20,21)/t13-,14+/m0/s1. The van der Waals surface area contributed by atoms with Gasteiger partial charge in [0.15, 0.2) is 0 Å². The van der Waals surface area contributed by atoms with Gasteiger partial charge in [0.2, 0.25) is 5.91 Å². The average Bonchev–Trinajstić information content (AvgIpc) is 2.99. The van der Waals surface area contributed by atoms with Gasteiger partial charge in [0.25, 0.3) is 0 Å². The number of carboxylic acid groups (broad SMARTS) is 1. The number of hydrogen-bond acceptors (Lipinski definition) is 4. The van der Waals surface area contributed by atoms with Crippen LogP contribution in [0.5, 0.6) is 0 Å². The Labute approximate surface area is 136 Å². The zero-order chi connectivity index (χ0) is 16.7. The van der Waals surface area contributed by atoms with Gasteiger partial charge >= 0.3 is 5.97 Å². The van der Waals surface area contributed by atoms with Gasteiger partial charge in [-0.25, -0.2) is 0 Å². The van der Waals surface area contributed by atoms with Gasteiger partial charge in [-0.2, -0.15) is 0 Å². The number of rotatable bonds is 11. The molecule has 1 aromatic heterocycles. The second kappa shape index (κ2) is 8.72. The summed E-state index contributed by atoms with van der Waals surface area (Å²) in [6, 6.07) is 3.84.